The van der Waals surface area contributed by atoms with Crippen LogP contribution in [0.3, 0.4) is 0 Å². The van der Waals surface area contributed by atoms with Gasteiger partial charge in [-0.2, -0.15) is 0 Å². The van der Waals surface area contributed by atoms with Gasteiger partial charge in [0.15, 0.2) is 11.5 Å². The zero-order valence-corrected chi connectivity index (χ0v) is 11.0. The van der Waals surface area contributed by atoms with E-state index in [0.717, 1.165) is 0 Å². The van der Waals surface area contributed by atoms with Crippen LogP contribution >= 0.6 is 0 Å². The molecule has 1 aromatic carbocycles. The Bertz CT molecular complexity index is 689. The van der Waals surface area contributed by atoms with Crippen LogP contribution in [0.4, 0.5) is 5.88 Å². The Balaban J connectivity index is 2.09. The number of aldehydes is 1. The lowest BCUT2D eigenvalue weighted by Crippen LogP contribution is -1.91. The zero-order valence-electron chi connectivity index (χ0n) is 11.0. The summed E-state index contributed by atoms with van der Waals surface area (Å²) in [4.78, 5) is 20.5. The second-order valence-corrected chi connectivity index (χ2v) is 3.88. The molecule has 1 aromatic heterocycles. The summed E-state index contributed by atoms with van der Waals surface area (Å²) >= 11 is 0. The topological polar surface area (TPSA) is 91.8 Å². The lowest BCUT2D eigenvalue weighted by molar-refractivity contribution is -0.402. The molecule has 0 atom stereocenters. The summed E-state index contributed by atoms with van der Waals surface area (Å²) < 4.78 is 15.4. The summed E-state index contributed by atoms with van der Waals surface area (Å²) in [6, 6.07) is 7.39. The summed E-state index contributed by atoms with van der Waals surface area (Å²) in [5, 5.41) is 10.5. The highest BCUT2D eigenvalue weighted by Crippen LogP contribution is 2.28. The second-order valence-electron chi connectivity index (χ2n) is 3.88. The maximum Gasteiger partial charge on any atom is 0.433 e. The average molecular weight is 289 g/mol. The second kappa shape index (κ2) is 6.38. The third kappa shape index (κ3) is 3.47. The van der Waals surface area contributed by atoms with E-state index in [-0.39, 0.29) is 11.6 Å². The number of furan rings is 1. The van der Waals surface area contributed by atoms with Gasteiger partial charge >= 0.3 is 5.88 Å². The molecule has 0 spiro atoms. The molecule has 1 heterocycles. The summed E-state index contributed by atoms with van der Waals surface area (Å²) in [5.41, 5.74) is 0.463. The van der Waals surface area contributed by atoms with Crippen LogP contribution in [0.5, 0.6) is 11.5 Å². The number of rotatable bonds is 6. The Morgan fingerprint density at radius 3 is 2.67 bits per heavy atom. The highest BCUT2D eigenvalue weighted by Gasteiger charge is 2.10. The molecule has 0 saturated carbocycles. The van der Waals surface area contributed by atoms with Gasteiger partial charge in [0.05, 0.1) is 19.4 Å². The Morgan fingerprint density at radius 2 is 2.05 bits per heavy atom. The monoisotopic (exact) mass is 289 g/mol. The van der Waals surface area contributed by atoms with Crippen LogP contribution in [0.25, 0.3) is 6.08 Å². The molecule has 0 bridgehead atoms. The molecule has 108 valence electrons. The molecule has 2 aromatic rings. The maximum atomic E-state index is 10.7. The van der Waals surface area contributed by atoms with Gasteiger partial charge in [0.2, 0.25) is 0 Å². The van der Waals surface area contributed by atoms with E-state index in [0.29, 0.717) is 23.3 Å². The van der Waals surface area contributed by atoms with E-state index in [2.05, 4.69) is 0 Å². The first-order chi connectivity index (χ1) is 10.1. The quantitative estimate of drug-likeness (QED) is 0.351. The summed E-state index contributed by atoms with van der Waals surface area (Å²) in [6.45, 7) is 0. The van der Waals surface area contributed by atoms with E-state index >= 15 is 0 Å². The molecule has 21 heavy (non-hydrogen) atoms. The first kappa shape index (κ1) is 14.3. The van der Waals surface area contributed by atoms with Crippen molar-refractivity contribution >= 4 is 18.2 Å². The number of benzene rings is 1. The number of ether oxygens (including phenoxy) is 2. The number of hydrogen-bond donors (Lipinski definition) is 0. The van der Waals surface area contributed by atoms with Crippen LogP contribution in [0.2, 0.25) is 0 Å². The molecule has 0 aliphatic heterocycles. The van der Waals surface area contributed by atoms with Gasteiger partial charge in [-0.1, -0.05) is 0 Å². The highest BCUT2D eigenvalue weighted by atomic mass is 16.6. The van der Waals surface area contributed by atoms with Crippen molar-refractivity contribution in [1.82, 2.24) is 0 Å². The minimum atomic E-state index is -0.626. The van der Waals surface area contributed by atoms with E-state index in [9.17, 15) is 14.9 Å². The number of methoxy groups -OCH3 is 1. The van der Waals surface area contributed by atoms with Gasteiger partial charge in [-0.15, -0.1) is 0 Å². The van der Waals surface area contributed by atoms with Crippen molar-refractivity contribution < 1.29 is 23.6 Å². The van der Waals surface area contributed by atoms with Gasteiger partial charge in [-0.05, 0) is 24.3 Å². The Labute approximate surface area is 119 Å². The molecule has 7 nitrogen and oxygen atoms in total. The normalized spacial score (nSPS) is 10.5. The van der Waals surface area contributed by atoms with Crippen molar-refractivity contribution in [3.63, 3.8) is 0 Å². The molecule has 0 aliphatic carbocycles. The maximum absolute atomic E-state index is 10.7. The SMILES string of the molecule is COc1cc(C=O)ccc1O/C=C/c1ccc([N+](=O)[O-])o1. The predicted octanol–water partition coefficient (Wildman–Crippen LogP) is 3.06. The fourth-order valence-electron chi connectivity index (χ4n) is 1.56. The first-order valence-corrected chi connectivity index (χ1v) is 5.84. The van der Waals surface area contributed by atoms with Crippen LogP contribution in [0.1, 0.15) is 16.1 Å². The predicted molar refractivity (Wildman–Crippen MR) is 73.4 cm³/mol. The van der Waals surface area contributed by atoms with Gasteiger partial charge in [0, 0.05) is 11.6 Å². The Hall–Kier alpha value is -3.09. The fraction of sp³-hybridized carbons (Fsp3) is 0.0714. The number of hydrogen-bond acceptors (Lipinski definition) is 6. The van der Waals surface area contributed by atoms with Crippen LogP contribution in [0, 0.1) is 10.1 Å². The lowest BCUT2D eigenvalue weighted by Gasteiger charge is -2.07. The molecule has 7 heteroatoms. The van der Waals surface area contributed by atoms with Crippen LogP contribution in [0.15, 0.2) is 41.0 Å². The van der Waals surface area contributed by atoms with Gasteiger partial charge < -0.3 is 13.9 Å². The standard InChI is InChI=1S/C14H11NO6/c1-19-13-8-10(9-16)2-4-12(13)20-7-6-11-3-5-14(21-11)15(17)18/h2-9H,1H3/b7-6+. The van der Waals surface area contributed by atoms with Gasteiger partial charge in [-0.25, -0.2) is 0 Å². The Morgan fingerprint density at radius 1 is 1.24 bits per heavy atom. The van der Waals surface area contributed by atoms with E-state index in [1.54, 1.807) is 12.1 Å². The zero-order chi connectivity index (χ0) is 15.2. The molecule has 0 radical (unpaired) electrons. The van der Waals surface area contributed by atoms with Crippen molar-refractivity contribution in [1.29, 1.82) is 0 Å². The average Bonchev–Trinajstić information content (AvgIpc) is 2.96. The van der Waals surface area contributed by atoms with Crippen LogP contribution < -0.4 is 9.47 Å². The van der Waals surface area contributed by atoms with Crippen LogP contribution in [-0.4, -0.2) is 18.3 Å². The third-order valence-corrected chi connectivity index (χ3v) is 2.54. The molecule has 0 saturated heterocycles. The third-order valence-electron chi connectivity index (χ3n) is 2.54. The van der Waals surface area contributed by atoms with E-state index in [4.69, 9.17) is 13.9 Å². The van der Waals surface area contributed by atoms with Crippen molar-refractivity contribution in [3.05, 3.63) is 58.0 Å². The van der Waals surface area contributed by atoms with Gasteiger partial charge in [0.1, 0.15) is 17.0 Å². The van der Waals surface area contributed by atoms with Gasteiger partial charge in [-0.3, -0.25) is 14.9 Å². The van der Waals surface area contributed by atoms with Crippen LogP contribution in [-0.2, 0) is 0 Å². The molecule has 0 N–H and O–H groups in total. The molecular weight excluding hydrogens is 278 g/mol. The first-order valence-electron chi connectivity index (χ1n) is 5.84. The largest absolute Gasteiger partial charge is 0.493 e. The minimum Gasteiger partial charge on any atom is -0.493 e. The van der Waals surface area contributed by atoms with E-state index in [1.165, 1.54) is 37.6 Å². The minimum absolute atomic E-state index is 0.283. The van der Waals surface area contributed by atoms with Crippen molar-refractivity contribution in [2.75, 3.05) is 7.11 Å². The van der Waals surface area contributed by atoms with Crippen molar-refractivity contribution in [2.45, 2.75) is 0 Å². The fourth-order valence-corrected chi connectivity index (χ4v) is 1.56. The molecule has 0 unspecified atom stereocenters. The Kier molecular flexibility index (Phi) is 4.35. The molecular formula is C14H11NO6. The smallest absolute Gasteiger partial charge is 0.433 e. The lowest BCUT2D eigenvalue weighted by atomic mass is 10.2. The molecule has 0 fully saturated rings. The highest BCUT2D eigenvalue weighted by molar-refractivity contribution is 5.76. The molecule has 0 aliphatic rings. The van der Waals surface area contributed by atoms with Crippen molar-refractivity contribution in [2.24, 2.45) is 0 Å². The number of carbonyl (C=O) groups excluding carboxylic acids is 1. The number of nitro groups is 1. The number of nitrogens with zero attached hydrogens (tertiary/aromatic N) is 1. The van der Waals surface area contributed by atoms with Gasteiger partial charge in [0.25, 0.3) is 0 Å². The summed E-state index contributed by atoms with van der Waals surface area (Å²) in [7, 11) is 1.45. The number of carbonyl (C=O) groups is 1. The van der Waals surface area contributed by atoms with Crippen molar-refractivity contribution in [3.8, 4) is 11.5 Å². The van der Waals surface area contributed by atoms with E-state index < -0.39 is 4.92 Å². The molecule has 0 amide bonds. The van der Waals surface area contributed by atoms with E-state index in [1.807, 2.05) is 0 Å². The summed E-state index contributed by atoms with van der Waals surface area (Å²) in [6.07, 6.45) is 3.44. The summed E-state index contributed by atoms with van der Waals surface area (Å²) in [5.74, 6) is 0.739. The molecule has 2 rings (SSSR count).